The van der Waals surface area contributed by atoms with Crippen LogP contribution in [0.3, 0.4) is 0 Å². The summed E-state index contributed by atoms with van der Waals surface area (Å²) in [5, 5.41) is 0. The van der Waals surface area contributed by atoms with E-state index in [4.69, 9.17) is 0 Å². The van der Waals surface area contributed by atoms with Gasteiger partial charge in [0, 0.05) is 0 Å². The summed E-state index contributed by atoms with van der Waals surface area (Å²) >= 11 is 0. The van der Waals surface area contributed by atoms with Gasteiger partial charge in [-0.15, -0.1) is 0 Å². The predicted molar refractivity (Wildman–Crippen MR) is 86.6 cm³/mol. The summed E-state index contributed by atoms with van der Waals surface area (Å²) < 4.78 is 0. The van der Waals surface area contributed by atoms with Crippen LogP contribution in [0.2, 0.25) is 0 Å². The lowest BCUT2D eigenvalue weighted by Crippen LogP contribution is -2.10. The second-order valence-electron chi connectivity index (χ2n) is 6.11. The molecule has 1 aromatic rings. The van der Waals surface area contributed by atoms with Crippen LogP contribution >= 0.6 is 0 Å². The van der Waals surface area contributed by atoms with Crippen LogP contribution in [-0.4, -0.2) is 0 Å². The molecule has 0 heteroatoms. The third kappa shape index (κ3) is 5.80. The van der Waals surface area contributed by atoms with Crippen molar-refractivity contribution in [3.8, 4) is 0 Å². The predicted octanol–water partition coefficient (Wildman–Crippen LogP) is 6.03. The van der Waals surface area contributed by atoms with E-state index in [0.717, 1.165) is 18.3 Å². The molecule has 1 rings (SSSR count). The van der Waals surface area contributed by atoms with Gasteiger partial charge in [0.05, 0.1) is 0 Å². The minimum atomic E-state index is 0.816. The first-order chi connectivity index (χ1) is 9.21. The molecule has 0 aliphatic rings. The van der Waals surface area contributed by atoms with Crippen molar-refractivity contribution < 1.29 is 0 Å². The zero-order valence-electron chi connectivity index (χ0n) is 13.4. The lowest BCUT2D eigenvalue weighted by molar-refractivity contribution is 0.343. The second-order valence-corrected chi connectivity index (χ2v) is 6.11. The summed E-state index contributed by atoms with van der Waals surface area (Å²) in [5.41, 5.74) is 3.11. The Labute approximate surface area is 120 Å². The molecule has 0 aliphatic carbocycles. The molecule has 0 unspecified atom stereocenters. The third-order valence-electron chi connectivity index (χ3n) is 4.20. The van der Waals surface area contributed by atoms with Crippen LogP contribution in [0.4, 0.5) is 0 Å². The van der Waals surface area contributed by atoms with Gasteiger partial charge in [-0.1, -0.05) is 77.6 Å². The van der Waals surface area contributed by atoms with Crippen LogP contribution in [0.5, 0.6) is 0 Å². The van der Waals surface area contributed by atoms with Crippen molar-refractivity contribution in [2.45, 2.75) is 72.6 Å². The van der Waals surface area contributed by atoms with E-state index in [9.17, 15) is 0 Å². The first kappa shape index (κ1) is 16.3. The smallest absolute Gasteiger partial charge is 0.0250 e. The molecular formula is C19H32. The Bertz CT molecular complexity index is 334. The van der Waals surface area contributed by atoms with Gasteiger partial charge in [0.15, 0.2) is 0 Å². The fourth-order valence-corrected chi connectivity index (χ4v) is 3.33. The SMILES string of the molecule is CCCC(CCC)C[C@@H](C)Cc1ccccc1CC. The number of aryl methyl sites for hydroxylation is 1. The molecule has 0 saturated carbocycles. The fourth-order valence-electron chi connectivity index (χ4n) is 3.33. The number of benzene rings is 1. The van der Waals surface area contributed by atoms with Gasteiger partial charge in [-0.2, -0.15) is 0 Å². The normalized spacial score (nSPS) is 12.9. The summed E-state index contributed by atoms with van der Waals surface area (Å²) in [6, 6.07) is 8.97. The van der Waals surface area contributed by atoms with Crippen molar-refractivity contribution in [3.05, 3.63) is 35.4 Å². The molecule has 0 fully saturated rings. The van der Waals surface area contributed by atoms with Crippen molar-refractivity contribution in [2.24, 2.45) is 11.8 Å². The molecule has 0 aromatic heterocycles. The van der Waals surface area contributed by atoms with Gasteiger partial charge in [0.1, 0.15) is 0 Å². The highest BCUT2D eigenvalue weighted by Gasteiger charge is 2.13. The zero-order valence-corrected chi connectivity index (χ0v) is 13.4. The van der Waals surface area contributed by atoms with Gasteiger partial charge in [-0.05, 0) is 42.2 Å². The highest BCUT2D eigenvalue weighted by atomic mass is 14.2. The maximum absolute atomic E-state index is 2.44. The fraction of sp³-hybridized carbons (Fsp3) is 0.684. The lowest BCUT2D eigenvalue weighted by atomic mass is 9.85. The number of hydrogen-bond donors (Lipinski definition) is 0. The Morgan fingerprint density at radius 3 is 2.00 bits per heavy atom. The summed E-state index contributed by atoms with van der Waals surface area (Å²) in [5.74, 6) is 1.76. The molecule has 0 N–H and O–H groups in total. The van der Waals surface area contributed by atoms with E-state index in [1.165, 1.54) is 44.1 Å². The van der Waals surface area contributed by atoms with Gasteiger partial charge < -0.3 is 0 Å². The molecule has 1 aromatic carbocycles. The topological polar surface area (TPSA) is 0 Å². The summed E-state index contributed by atoms with van der Waals surface area (Å²) in [6.07, 6.45) is 9.32. The van der Waals surface area contributed by atoms with Gasteiger partial charge in [-0.3, -0.25) is 0 Å². The molecule has 0 spiro atoms. The van der Waals surface area contributed by atoms with Crippen molar-refractivity contribution >= 4 is 0 Å². The van der Waals surface area contributed by atoms with Crippen LogP contribution in [0.1, 0.15) is 70.9 Å². The quantitative estimate of drug-likeness (QED) is 0.508. The Balaban J connectivity index is 2.55. The average molecular weight is 260 g/mol. The zero-order chi connectivity index (χ0) is 14.1. The van der Waals surface area contributed by atoms with E-state index >= 15 is 0 Å². The highest BCUT2D eigenvalue weighted by molar-refractivity contribution is 5.27. The minimum Gasteiger partial charge on any atom is -0.0654 e. The number of hydrogen-bond acceptors (Lipinski definition) is 0. The van der Waals surface area contributed by atoms with E-state index in [-0.39, 0.29) is 0 Å². The van der Waals surface area contributed by atoms with E-state index in [1.807, 2.05) is 0 Å². The van der Waals surface area contributed by atoms with Gasteiger partial charge in [-0.25, -0.2) is 0 Å². The highest BCUT2D eigenvalue weighted by Crippen LogP contribution is 2.25. The monoisotopic (exact) mass is 260 g/mol. The van der Waals surface area contributed by atoms with E-state index in [2.05, 4.69) is 52.0 Å². The molecule has 1 atom stereocenters. The molecular weight excluding hydrogens is 228 g/mol. The molecule has 0 nitrogen and oxygen atoms in total. The Kier molecular flexibility index (Phi) is 7.86. The molecule has 0 amide bonds. The molecule has 108 valence electrons. The van der Waals surface area contributed by atoms with E-state index < -0.39 is 0 Å². The van der Waals surface area contributed by atoms with Crippen LogP contribution in [0.15, 0.2) is 24.3 Å². The Morgan fingerprint density at radius 1 is 0.895 bits per heavy atom. The molecule has 0 aliphatic heterocycles. The Hall–Kier alpha value is -0.780. The standard InChI is InChI=1S/C19H32/c1-5-10-17(11-6-2)14-16(4)15-19-13-9-8-12-18(19)7-3/h8-9,12-13,16-17H,5-7,10-11,14-15H2,1-4H3/t16-/m1/s1. The van der Waals surface area contributed by atoms with E-state index in [1.54, 1.807) is 5.56 Å². The molecule has 0 radical (unpaired) electrons. The first-order valence-electron chi connectivity index (χ1n) is 8.27. The van der Waals surface area contributed by atoms with Crippen LogP contribution in [0, 0.1) is 11.8 Å². The van der Waals surface area contributed by atoms with Crippen molar-refractivity contribution in [2.75, 3.05) is 0 Å². The van der Waals surface area contributed by atoms with Crippen LogP contribution in [0.25, 0.3) is 0 Å². The number of rotatable bonds is 9. The maximum atomic E-state index is 2.44. The minimum absolute atomic E-state index is 0.816. The molecule has 0 bridgehead atoms. The van der Waals surface area contributed by atoms with Crippen molar-refractivity contribution in [3.63, 3.8) is 0 Å². The molecule has 0 heterocycles. The summed E-state index contributed by atoms with van der Waals surface area (Å²) in [6.45, 7) is 9.34. The largest absolute Gasteiger partial charge is 0.0654 e. The average Bonchev–Trinajstić information content (AvgIpc) is 2.40. The van der Waals surface area contributed by atoms with Crippen LogP contribution in [-0.2, 0) is 12.8 Å². The van der Waals surface area contributed by atoms with Gasteiger partial charge >= 0.3 is 0 Å². The van der Waals surface area contributed by atoms with Crippen molar-refractivity contribution in [1.29, 1.82) is 0 Å². The summed E-state index contributed by atoms with van der Waals surface area (Å²) in [7, 11) is 0. The van der Waals surface area contributed by atoms with Crippen LogP contribution < -0.4 is 0 Å². The maximum Gasteiger partial charge on any atom is -0.0250 e. The second kappa shape index (κ2) is 9.18. The first-order valence-corrected chi connectivity index (χ1v) is 8.27. The Morgan fingerprint density at radius 2 is 1.47 bits per heavy atom. The third-order valence-corrected chi connectivity index (χ3v) is 4.20. The van der Waals surface area contributed by atoms with Gasteiger partial charge in [0.2, 0.25) is 0 Å². The van der Waals surface area contributed by atoms with Gasteiger partial charge in [0.25, 0.3) is 0 Å². The molecule has 19 heavy (non-hydrogen) atoms. The van der Waals surface area contributed by atoms with E-state index in [0.29, 0.717) is 0 Å². The van der Waals surface area contributed by atoms with Crippen molar-refractivity contribution in [1.82, 2.24) is 0 Å². The summed E-state index contributed by atoms with van der Waals surface area (Å²) in [4.78, 5) is 0. The lowest BCUT2D eigenvalue weighted by Gasteiger charge is -2.21. The molecule has 0 saturated heterocycles.